The average Bonchev–Trinajstić information content (AvgIpc) is 2.39. The van der Waals surface area contributed by atoms with Crippen LogP contribution in [-0.2, 0) is 12.1 Å². The van der Waals surface area contributed by atoms with E-state index < -0.39 is 5.66 Å². The fourth-order valence-corrected chi connectivity index (χ4v) is 2.25. The van der Waals surface area contributed by atoms with Crippen molar-refractivity contribution in [1.82, 2.24) is 15.3 Å². The molecule has 5 N–H and O–H groups in total. The Morgan fingerprint density at radius 2 is 2.05 bits per heavy atom. The first kappa shape index (κ1) is 11.6. The Kier molecular flexibility index (Phi) is 2.64. The molecule has 2 aromatic rings. The van der Waals surface area contributed by atoms with Crippen LogP contribution < -0.4 is 16.8 Å². The highest BCUT2D eigenvalue weighted by Crippen LogP contribution is 2.31. The minimum atomic E-state index is -0.821. The second kappa shape index (κ2) is 4.33. The fraction of sp³-hybridized carbons (Fsp3) is 0.154. The summed E-state index contributed by atoms with van der Waals surface area (Å²) in [5, 5.41) is 3.04. The van der Waals surface area contributed by atoms with Gasteiger partial charge in [0.2, 0.25) is 0 Å². The van der Waals surface area contributed by atoms with Crippen LogP contribution in [0.3, 0.4) is 0 Å². The molecule has 1 aromatic heterocycles. The summed E-state index contributed by atoms with van der Waals surface area (Å²) in [6.07, 6.45) is 5.45. The molecule has 1 unspecified atom stereocenters. The topological polar surface area (TPSA) is 102 Å². The molecule has 3 rings (SSSR count). The van der Waals surface area contributed by atoms with E-state index in [4.69, 9.17) is 11.5 Å². The molecule has 0 spiro atoms. The lowest BCUT2D eigenvalue weighted by atomic mass is 9.92. The van der Waals surface area contributed by atoms with Crippen LogP contribution in [0.2, 0.25) is 0 Å². The van der Waals surface area contributed by atoms with Gasteiger partial charge in [-0.25, -0.2) is 4.99 Å². The Balaban J connectivity index is 2.02. The predicted octanol–water partition coefficient (Wildman–Crippen LogP) is 0.380. The summed E-state index contributed by atoms with van der Waals surface area (Å²) in [6.45, 7) is 0. The molecule has 0 saturated carbocycles. The normalized spacial score (nSPS) is 21.2. The number of nitrogens with one attached hydrogen (secondary N) is 1. The minimum Gasteiger partial charge on any atom is -0.370 e. The van der Waals surface area contributed by atoms with Crippen molar-refractivity contribution in [2.45, 2.75) is 12.1 Å². The highest BCUT2D eigenvalue weighted by atomic mass is 15.2. The molecule has 1 aliphatic rings. The minimum absolute atomic E-state index is 0.310. The Morgan fingerprint density at radius 3 is 2.84 bits per heavy atom. The number of nitrogens with two attached hydrogens (primary N) is 2. The number of aromatic nitrogens is 2. The molecule has 0 saturated heterocycles. The molecule has 0 bridgehead atoms. The zero-order chi connectivity index (χ0) is 13.3. The van der Waals surface area contributed by atoms with Crippen molar-refractivity contribution >= 4 is 11.6 Å². The van der Waals surface area contributed by atoms with Gasteiger partial charge in [0.05, 0.1) is 11.4 Å². The van der Waals surface area contributed by atoms with Gasteiger partial charge in [-0.15, -0.1) is 0 Å². The van der Waals surface area contributed by atoms with E-state index in [0.717, 1.165) is 16.9 Å². The van der Waals surface area contributed by atoms with Crippen LogP contribution in [0.5, 0.6) is 0 Å². The standard InChI is InChI=1S/C13H14N6/c14-12-18-11-4-2-1-3-10(11)13(15,19-12)7-9-8-16-5-6-17-9/h1-6,8H,7,15H2,(H3,14,18,19). The molecule has 96 valence electrons. The fourth-order valence-electron chi connectivity index (χ4n) is 2.25. The van der Waals surface area contributed by atoms with Crippen molar-refractivity contribution in [2.24, 2.45) is 16.5 Å². The van der Waals surface area contributed by atoms with E-state index in [9.17, 15) is 0 Å². The van der Waals surface area contributed by atoms with E-state index in [1.54, 1.807) is 18.6 Å². The van der Waals surface area contributed by atoms with Crippen molar-refractivity contribution in [1.29, 1.82) is 0 Å². The number of hydrogen-bond donors (Lipinski definition) is 3. The molecule has 6 nitrogen and oxygen atoms in total. The van der Waals surface area contributed by atoms with Crippen LogP contribution in [0, 0.1) is 0 Å². The Morgan fingerprint density at radius 1 is 1.21 bits per heavy atom. The van der Waals surface area contributed by atoms with Gasteiger partial charge >= 0.3 is 0 Å². The molecular formula is C13H14N6. The lowest BCUT2D eigenvalue weighted by molar-refractivity contribution is 0.395. The first-order valence-electron chi connectivity index (χ1n) is 5.93. The number of aliphatic imine (C=N–C) groups is 1. The van der Waals surface area contributed by atoms with Gasteiger partial charge < -0.3 is 16.8 Å². The van der Waals surface area contributed by atoms with Gasteiger partial charge in [-0.2, -0.15) is 0 Å². The largest absolute Gasteiger partial charge is 0.370 e. The molecule has 0 aliphatic carbocycles. The van der Waals surface area contributed by atoms with Crippen LogP contribution in [0.25, 0.3) is 0 Å². The van der Waals surface area contributed by atoms with Crippen LogP contribution in [-0.4, -0.2) is 15.9 Å². The molecule has 0 radical (unpaired) electrons. The summed E-state index contributed by atoms with van der Waals surface area (Å²) in [4.78, 5) is 12.6. The summed E-state index contributed by atoms with van der Waals surface area (Å²) in [6, 6.07) is 7.66. The maximum absolute atomic E-state index is 6.45. The number of rotatable bonds is 2. The summed E-state index contributed by atoms with van der Waals surface area (Å²) in [7, 11) is 0. The smallest absolute Gasteiger partial charge is 0.195 e. The zero-order valence-corrected chi connectivity index (χ0v) is 10.2. The van der Waals surface area contributed by atoms with Crippen LogP contribution in [0.4, 0.5) is 5.69 Å². The van der Waals surface area contributed by atoms with Gasteiger partial charge in [0.25, 0.3) is 0 Å². The summed E-state index contributed by atoms with van der Waals surface area (Å²) >= 11 is 0. The molecule has 1 atom stereocenters. The lowest BCUT2D eigenvalue weighted by Crippen LogP contribution is -2.58. The highest BCUT2D eigenvalue weighted by Gasteiger charge is 2.34. The SMILES string of the molecule is NC1=Nc2ccccc2C(N)(Cc2cnccn2)N1. The van der Waals surface area contributed by atoms with E-state index in [1.807, 2.05) is 24.3 Å². The summed E-state index contributed by atoms with van der Waals surface area (Å²) in [5.41, 5.74) is 13.9. The van der Waals surface area contributed by atoms with E-state index in [1.165, 1.54) is 0 Å². The van der Waals surface area contributed by atoms with Gasteiger partial charge in [-0.3, -0.25) is 9.97 Å². The van der Waals surface area contributed by atoms with Gasteiger partial charge in [0, 0.05) is 30.6 Å². The van der Waals surface area contributed by atoms with Gasteiger partial charge in [0.15, 0.2) is 5.96 Å². The van der Waals surface area contributed by atoms with E-state index in [2.05, 4.69) is 20.3 Å². The van der Waals surface area contributed by atoms with Crippen molar-refractivity contribution in [3.63, 3.8) is 0 Å². The zero-order valence-electron chi connectivity index (χ0n) is 10.2. The Hall–Kier alpha value is -2.47. The number of para-hydroxylation sites is 1. The van der Waals surface area contributed by atoms with Crippen LogP contribution in [0.1, 0.15) is 11.3 Å². The highest BCUT2D eigenvalue weighted by molar-refractivity contribution is 5.85. The third-order valence-electron chi connectivity index (χ3n) is 3.05. The van der Waals surface area contributed by atoms with E-state index >= 15 is 0 Å². The van der Waals surface area contributed by atoms with Gasteiger partial charge in [0.1, 0.15) is 5.66 Å². The molecule has 0 fully saturated rings. The summed E-state index contributed by atoms with van der Waals surface area (Å²) < 4.78 is 0. The van der Waals surface area contributed by atoms with Crippen LogP contribution in [0.15, 0.2) is 47.8 Å². The monoisotopic (exact) mass is 254 g/mol. The number of hydrogen-bond acceptors (Lipinski definition) is 6. The number of nitrogens with zero attached hydrogens (tertiary/aromatic N) is 3. The van der Waals surface area contributed by atoms with Crippen molar-refractivity contribution in [3.05, 3.63) is 54.1 Å². The molecule has 1 aliphatic heterocycles. The third kappa shape index (κ3) is 2.13. The molecule has 19 heavy (non-hydrogen) atoms. The second-order valence-electron chi connectivity index (χ2n) is 4.48. The number of guanidine groups is 1. The van der Waals surface area contributed by atoms with E-state index in [-0.39, 0.29) is 0 Å². The predicted molar refractivity (Wildman–Crippen MR) is 72.5 cm³/mol. The molecular weight excluding hydrogens is 240 g/mol. The third-order valence-corrected chi connectivity index (χ3v) is 3.05. The second-order valence-corrected chi connectivity index (χ2v) is 4.48. The quantitative estimate of drug-likeness (QED) is 0.719. The first-order chi connectivity index (χ1) is 9.17. The maximum Gasteiger partial charge on any atom is 0.195 e. The Labute approximate surface area is 110 Å². The molecule has 2 heterocycles. The molecule has 1 aromatic carbocycles. The van der Waals surface area contributed by atoms with Crippen molar-refractivity contribution in [2.75, 3.05) is 0 Å². The van der Waals surface area contributed by atoms with Crippen molar-refractivity contribution < 1.29 is 0 Å². The van der Waals surface area contributed by atoms with Crippen LogP contribution >= 0.6 is 0 Å². The van der Waals surface area contributed by atoms with Gasteiger partial charge in [-0.1, -0.05) is 18.2 Å². The molecule has 0 amide bonds. The summed E-state index contributed by atoms with van der Waals surface area (Å²) in [5.74, 6) is 0.310. The Bertz CT molecular complexity index is 624. The number of fused-ring (bicyclic) bond motifs is 1. The van der Waals surface area contributed by atoms with Crippen molar-refractivity contribution in [3.8, 4) is 0 Å². The maximum atomic E-state index is 6.45. The number of benzene rings is 1. The average molecular weight is 254 g/mol. The molecule has 6 heteroatoms. The lowest BCUT2D eigenvalue weighted by Gasteiger charge is -2.35. The first-order valence-corrected chi connectivity index (χ1v) is 5.93. The van der Waals surface area contributed by atoms with Gasteiger partial charge in [-0.05, 0) is 6.07 Å². The van der Waals surface area contributed by atoms with E-state index in [0.29, 0.717) is 12.4 Å².